The van der Waals surface area contributed by atoms with Crippen molar-refractivity contribution >= 4 is 17.6 Å². The van der Waals surface area contributed by atoms with Gasteiger partial charge in [0.1, 0.15) is 23.9 Å². The number of benzene rings is 2. The highest BCUT2D eigenvalue weighted by Crippen LogP contribution is 2.26. The molecule has 6 nitrogen and oxygen atoms in total. The van der Waals surface area contributed by atoms with Crippen molar-refractivity contribution < 1.29 is 28.8 Å². The van der Waals surface area contributed by atoms with Gasteiger partial charge in [-0.1, -0.05) is 29.5 Å². The first-order chi connectivity index (χ1) is 16.4. The molecule has 1 atom stereocenters. The van der Waals surface area contributed by atoms with Gasteiger partial charge >= 0.3 is 5.97 Å². The molecule has 0 saturated carbocycles. The zero-order valence-corrected chi connectivity index (χ0v) is 20.8. The van der Waals surface area contributed by atoms with E-state index in [4.69, 9.17) is 30.5 Å². The molecule has 2 rings (SSSR count). The Morgan fingerprint density at radius 2 is 1.71 bits per heavy atom. The number of ether oxygens (including phenoxy) is 4. The Balaban J connectivity index is 2.01. The molecule has 182 valence electrons. The standard InChI is InChI=1S/C27H31ClO6/c1-5-31-22-14-20(15-23(18-22)32-6-2)9-8-19(4)12-13-34-25-11-10-21(16-24(25)28)17-26(27(29)30)33-7-3/h10-12,14-16,18,26H,5-7,13,17H2,1-4H3,(H,29,30)/t26-/m0/s1. The molecule has 0 aliphatic carbocycles. The van der Waals surface area contributed by atoms with Crippen molar-refractivity contribution in [2.75, 3.05) is 26.4 Å². The molecule has 0 saturated heterocycles. The molecule has 2 aromatic carbocycles. The third kappa shape index (κ3) is 9.01. The van der Waals surface area contributed by atoms with E-state index in [0.29, 0.717) is 37.2 Å². The van der Waals surface area contributed by atoms with Crippen LogP contribution in [0.25, 0.3) is 0 Å². The molecule has 7 heteroatoms. The zero-order chi connectivity index (χ0) is 24.9. The van der Waals surface area contributed by atoms with Crippen LogP contribution < -0.4 is 14.2 Å². The predicted octanol–water partition coefficient (Wildman–Crippen LogP) is 5.55. The maximum absolute atomic E-state index is 11.3. The van der Waals surface area contributed by atoms with E-state index in [9.17, 15) is 9.90 Å². The summed E-state index contributed by atoms with van der Waals surface area (Å²) in [6.45, 7) is 9.26. The van der Waals surface area contributed by atoms with Gasteiger partial charge < -0.3 is 24.1 Å². The first kappa shape index (κ1) is 27.1. The molecule has 0 aliphatic heterocycles. The first-order valence-electron chi connectivity index (χ1n) is 11.2. The first-order valence-corrected chi connectivity index (χ1v) is 11.6. The minimum absolute atomic E-state index is 0.229. The van der Waals surface area contributed by atoms with Crippen molar-refractivity contribution in [3.05, 3.63) is 64.2 Å². The summed E-state index contributed by atoms with van der Waals surface area (Å²) in [5, 5.41) is 9.65. The highest BCUT2D eigenvalue weighted by atomic mass is 35.5. The minimum Gasteiger partial charge on any atom is -0.494 e. The van der Waals surface area contributed by atoms with Crippen molar-refractivity contribution in [2.24, 2.45) is 0 Å². The van der Waals surface area contributed by atoms with Gasteiger partial charge in [-0.15, -0.1) is 0 Å². The van der Waals surface area contributed by atoms with E-state index in [2.05, 4.69) is 11.8 Å². The van der Waals surface area contributed by atoms with Crippen molar-refractivity contribution in [2.45, 2.75) is 40.2 Å². The van der Waals surface area contributed by atoms with Gasteiger partial charge in [0, 0.05) is 24.7 Å². The van der Waals surface area contributed by atoms with Crippen LogP contribution in [-0.2, 0) is 16.0 Å². The summed E-state index contributed by atoms with van der Waals surface area (Å²) >= 11 is 6.32. The Kier molecular flexibility index (Phi) is 11.3. The molecule has 2 aromatic rings. The number of hydrogen-bond donors (Lipinski definition) is 1. The largest absolute Gasteiger partial charge is 0.494 e. The Hall–Kier alpha value is -3.14. The molecule has 0 bridgehead atoms. The Bertz CT molecular complexity index is 1030. The second-order valence-electron chi connectivity index (χ2n) is 7.26. The maximum Gasteiger partial charge on any atom is 0.333 e. The van der Waals surface area contributed by atoms with Crippen molar-refractivity contribution in [3.63, 3.8) is 0 Å². The second-order valence-corrected chi connectivity index (χ2v) is 7.67. The number of carbonyl (C=O) groups is 1. The fourth-order valence-corrected chi connectivity index (χ4v) is 3.30. The average Bonchev–Trinajstić information content (AvgIpc) is 2.79. The summed E-state index contributed by atoms with van der Waals surface area (Å²) in [7, 11) is 0. The lowest BCUT2D eigenvalue weighted by Crippen LogP contribution is -2.26. The summed E-state index contributed by atoms with van der Waals surface area (Å²) < 4.78 is 22.2. The van der Waals surface area contributed by atoms with E-state index in [1.165, 1.54) is 0 Å². The molecule has 0 aromatic heterocycles. The van der Waals surface area contributed by atoms with Crippen molar-refractivity contribution in [1.82, 2.24) is 0 Å². The SMILES string of the molecule is CCOc1cc(C#CC(C)=CCOc2ccc(C[C@H](OCC)C(=O)O)cc2Cl)cc(OCC)c1. The van der Waals surface area contributed by atoms with Crippen LogP contribution in [0.2, 0.25) is 5.02 Å². The predicted molar refractivity (Wildman–Crippen MR) is 133 cm³/mol. The Morgan fingerprint density at radius 3 is 2.26 bits per heavy atom. The Morgan fingerprint density at radius 1 is 1.03 bits per heavy atom. The summed E-state index contributed by atoms with van der Waals surface area (Å²) in [5.41, 5.74) is 2.40. The number of halogens is 1. The number of rotatable bonds is 12. The van der Waals surface area contributed by atoms with Crippen molar-refractivity contribution in [1.29, 1.82) is 0 Å². The molecule has 0 spiro atoms. The summed E-state index contributed by atoms with van der Waals surface area (Å²) in [5.74, 6) is 7.18. The lowest BCUT2D eigenvalue weighted by atomic mass is 10.1. The molecular formula is C27H31ClO6. The minimum atomic E-state index is -1.00. The van der Waals surface area contributed by atoms with Crippen LogP contribution in [0.15, 0.2) is 48.0 Å². The molecule has 0 amide bonds. The number of carboxylic acids is 1. The topological polar surface area (TPSA) is 74.2 Å². The fourth-order valence-electron chi connectivity index (χ4n) is 3.04. The average molecular weight is 487 g/mol. The number of aliphatic carboxylic acids is 1. The van der Waals surface area contributed by atoms with Crippen LogP contribution in [-0.4, -0.2) is 43.6 Å². The summed E-state index contributed by atoms with van der Waals surface area (Å²) in [6, 6.07) is 10.8. The van der Waals surface area contributed by atoms with E-state index in [0.717, 1.165) is 28.2 Å². The van der Waals surface area contributed by atoms with Gasteiger partial charge in [-0.2, -0.15) is 0 Å². The third-order valence-corrected chi connectivity index (χ3v) is 4.89. The van der Waals surface area contributed by atoms with E-state index in [1.807, 2.05) is 45.0 Å². The van der Waals surface area contributed by atoms with Gasteiger partial charge in [-0.3, -0.25) is 0 Å². The number of allylic oxidation sites excluding steroid dienone is 1. The van der Waals surface area contributed by atoms with Crippen LogP contribution in [0, 0.1) is 11.8 Å². The summed E-state index contributed by atoms with van der Waals surface area (Å²) in [4.78, 5) is 11.3. The molecule has 1 N–H and O–H groups in total. The lowest BCUT2D eigenvalue weighted by molar-refractivity contribution is -0.149. The highest BCUT2D eigenvalue weighted by Gasteiger charge is 2.18. The van der Waals surface area contributed by atoms with Crippen LogP contribution in [0.1, 0.15) is 38.8 Å². The van der Waals surface area contributed by atoms with Gasteiger partial charge in [-0.05, 0) is 69.2 Å². The normalized spacial score (nSPS) is 11.9. The van der Waals surface area contributed by atoms with Gasteiger partial charge in [0.25, 0.3) is 0 Å². The van der Waals surface area contributed by atoms with Gasteiger partial charge in [0.15, 0.2) is 6.10 Å². The lowest BCUT2D eigenvalue weighted by Gasteiger charge is -2.13. The van der Waals surface area contributed by atoms with Gasteiger partial charge in [0.2, 0.25) is 0 Å². The smallest absolute Gasteiger partial charge is 0.333 e. The van der Waals surface area contributed by atoms with E-state index < -0.39 is 12.1 Å². The molecule has 0 heterocycles. The van der Waals surface area contributed by atoms with Gasteiger partial charge in [-0.25, -0.2) is 4.79 Å². The van der Waals surface area contributed by atoms with Crippen LogP contribution in [0.3, 0.4) is 0 Å². The fraction of sp³-hybridized carbons (Fsp3) is 0.370. The molecule has 34 heavy (non-hydrogen) atoms. The quantitative estimate of drug-likeness (QED) is 0.397. The van der Waals surface area contributed by atoms with Crippen LogP contribution in [0.4, 0.5) is 0 Å². The molecule has 0 fully saturated rings. The van der Waals surface area contributed by atoms with Gasteiger partial charge in [0.05, 0.1) is 18.2 Å². The van der Waals surface area contributed by atoms with E-state index in [-0.39, 0.29) is 6.42 Å². The molecule has 0 unspecified atom stereocenters. The third-order valence-electron chi connectivity index (χ3n) is 4.60. The summed E-state index contributed by atoms with van der Waals surface area (Å²) in [6.07, 6.45) is 1.19. The van der Waals surface area contributed by atoms with Crippen LogP contribution in [0.5, 0.6) is 17.2 Å². The van der Waals surface area contributed by atoms with E-state index in [1.54, 1.807) is 25.1 Å². The van der Waals surface area contributed by atoms with Crippen LogP contribution >= 0.6 is 11.6 Å². The monoisotopic (exact) mass is 486 g/mol. The Labute approximate surface area is 206 Å². The molecule has 0 aliphatic rings. The molecule has 0 radical (unpaired) electrons. The second kappa shape index (κ2) is 14.2. The zero-order valence-electron chi connectivity index (χ0n) is 20.0. The number of hydrogen-bond acceptors (Lipinski definition) is 5. The maximum atomic E-state index is 11.3. The molecular weight excluding hydrogens is 456 g/mol. The number of carboxylic acid groups (broad SMARTS) is 1. The van der Waals surface area contributed by atoms with Crippen molar-refractivity contribution in [3.8, 4) is 29.1 Å². The highest BCUT2D eigenvalue weighted by molar-refractivity contribution is 6.32. The van der Waals surface area contributed by atoms with E-state index >= 15 is 0 Å².